The smallest absolute Gasteiger partial charge is 0.354 e. The van der Waals surface area contributed by atoms with Crippen LogP contribution in [0.15, 0.2) is 24.5 Å². The van der Waals surface area contributed by atoms with Crippen LogP contribution in [0.2, 0.25) is 5.02 Å². The molecule has 108 valence electrons. The number of carboxylic acid groups (broad SMARTS) is 1. The van der Waals surface area contributed by atoms with E-state index in [9.17, 15) is 9.90 Å². The average molecular weight is 305 g/mol. The third-order valence-corrected chi connectivity index (χ3v) is 3.46. The standard InChI is InChI=1S/C14H13ClN4O2/c1-2-5-19-10-4-3-8(15)6-9(10)18-13(19)11-12(14(20)21)17-7-16-11/h3-4,6-7H,2,5H2,1H3,(H,16,17)(H,20,21). The second kappa shape index (κ2) is 5.21. The first-order valence-electron chi connectivity index (χ1n) is 6.54. The zero-order valence-electron chi connectivity index (χ0n) is 11.3. The Labute approximate surface area is 125 Å². The molecule has 2 aromatic heterocycles. The van der Waals surface area contributed by atoms with Gasteiger partial charge >= 0.3 is 5.97 Å². The summed E-state index contributed by atoms with van der Waals surface area (Å²) in [6.45, 7) is 2.77. The van der Waals surface area contributed by atoms with Gasteiger partial charge in [0.1, 0.15) is 5.69 Å². The van der Waals surface area contributed by atoms with Gasteiger partial charge in [-0.15, -0.1) is 0 Å². The number of rotatable bonds is 4. The van der Waals surface area contributed by atoms with Crippen molar-refractivity contribution >= 4 is 28.6 Å². The van der Waals surface area contributed by atoms with Gasteiger partial charge < -0.3 is 14.7 Å². The monoisotopic (exact) mass is 304 g/mol. The van der Waals surface area contributed by atoms with Crippen molar-refractivity contribution in [3.05, 3.63) is 35.2 Å². The molecule has 1 aromatic carbocycles. The summed E-state index contributed by atoms with van der Waals surface area (Å²) in [5, 5.41) is 9.82. The summed E-state index contributed by atoms with van der Waals surface area (Å²) >= 11 is 6.00. The summed E-state index contributed by atoms with van der Waals surface area (Å²) in [5.74, 6) is -0.525. The number of carbonyl (C=O) groups is 1. The van der Waals surface area contributed by atoms with Crippen LogP contribution in [0.25, 0.3) is 22.6 Å². The Morgan fingerprint density at radius 3 is 3.00 bits per heavy atom. The van der Waals surface area contributed by atoms with Gasteiger partial charge in [0.25, 0.3) is 0 Å². The predicted octanol–water partition coefficient (Wildman–Crippen LogP) is 3.19. The lowest BCUT2D eigenvalue weighted by Gasteiger charge is -2.06. The minimum Gasteiger partial charge on any atom is -0.477 e. The van der Waals surface area contributed by atoms with Crippen LogP contribution in [0.3, 0.4) is 0 Å². The molecular formula is C14H13ClN4O2. The molecule has 7 heteroatoms. The fourth-order valence-electron chi connectivity index (χ4n) is 2.36. The fraction of sp³-hybridized carbons (Fsp3) is 0.214. The average Bonchev–Trinajstić information content (AvgIpc) is 3.03. The zero-order chi connectivity index (χ0) is 15.0. The van der Waals surface area contributed by atoms with E-state index in [2.05, 4.69) is 15.0 Å². The Morgan fingerprint density at radius 2 is 2.29 bits per heavy atom. The first kappa shape index (κ1) is 13.6. The maximum atomic E-state index is 11.3. The Hall–Kier alpha value is -2.34. The quantitative estimate of drug-likeness (QED) is 0.775. The lowest BCUT2D eigenvalue weighted by Crippen LogP contribution is -2.04. The molecule has 2 N–H and O–H groups in total. The summed E-state index contributed by atoms with van der Waals surface area (Å²) < 4.78 is 1.97. The van der Waals surface area contributed by atoms with Crippen LogP contribution < -0.4 is 0 Å². The zero-order valence-corrected chi connectivity index (χ0v) is 12.1. The molecule has 0 aliphatic carbocycles. The van der Waals surface area contributed by atoms with Crippen LogP contribution in [-0.4, -0.2) is 30.6 Å². The molecule has 6 nitrogen and oxygen atoms in total. The molecule has 3 rings (SSSR count). The molecule has 0 aliphatic rings. The summed E-state index contributed by atoms with van der Waals surface area (Å²) in [5.41, 5.74) is 2.01. The van der Waals surface area contributed by atoms with E-state index in [-0.39, 0.29) is 5.69 Å². The number of aromatic amines is 1. The molecule has 0 saturated heterocycles. The Bertz CT molecular complexity index is 822. The number of aromatic nitrogens is 4. The van der Waals surface area contributed by atoms with E-state index >= 15 is 0 Å². The van der Waals surface area contributed by atoms with E-state index in [0.29, 0.717) is 16.5 Å². The first-order chi connectivity index (χ1) is 10.1. The number of fused-ring (bicyclic) bond motifs is 1. The number of halogens is 1. The van der Waals surface area contributed by atoms with Gasteiger partial charge in [0.15, 0.2) is 11.5 Å². The van der Waals surface area contributed by atoms with E-state index in [1.807, 2.05) is 17.6 Å². The highest BCUT2D eigenvalue weighted by molar-refractivity contribution is 6.31. The number of nitrogens with zero attached hydrogens (tertiary/aromatic N) is 3. The van der Waals surface area contributed by atoms with E-state index in [0.717, 1.165) is 24.0 Å². The molecule has 3 aromatic rings. The number of hydrogen-bond donors (Lipinski definition) is 2. The van der Waals surface area contributed by atoms with Crippen molar-refractivity contribution in [3.8, 4) is 11.5 Å². The number of nitrogens with one attached hydrogen (secondary N) is 1. The number of aromatic carboxylic acids is 1. The Kier molecular flexibility index (Phi) is 3.39. The number of H-pyrrole nitrogens is 1. The molecule has 0 amide bonds. The second-order valence-electron chi connectivity index (χ2n) is 4.65. The molecule has 0 spiro atoms. The molecule has 0 unspecified atom stereocenters. The van der Waals surface area contributed by atoms with Gasteiger partial charge in [-0.2, -0.15) is 0 Å². The maximum Gasteiger partial charge on any atom is 0.354 e. The number of aryl methyl sites for hydroxylation is 1. The molecule has 21 heavy (non-hydrogen) atoms. The fourth-order valence-corrected chi connectivity index (χ4v) is 2.53. The van der Waals surface area contributed by atoms with Crippen molar-refractivity contribution in [2.24, 2.45) is 0 Å². The molecule has 2 heterocycles. The summed E-state index contributed by atoms with van der Waals surface area (Å²) in [6, 6.07) is 5.45. The van der Waals surface area contributed by atoms with Crippen molar-refractivity contribution in [2.75, 3.05) is 0 Å². The van der Waals surface area contributed by atoms with Crippen molar-refractivity contribution < 1.29 is 9.90 Å². The van der Waals surface area contributed by atoms with Crippen molar-refractivity contribution in [1.82, 2.24) is 19.5 Å². The molecule has 0 fully saturated rings. The van der Waals surface area contributed by atoms with E-state index in [1.165, 1.54) is 6.33 Å². The van der Waals surface area contributed by atoms with Crippen molar-refractivity contribution in [1.29, 1.82) is 0 Å². The van der Waals surface area contributed by atoms with Gasteiger partial charge in [-0.25, -0.2) is 14.8 Å². The van der Waals surface area contributed by atoms with Gasteiger partial charge in [0.2, 0.25) is 0 Å². The molecule has 0 bridgehead atoms. The molecule has 0 aliphatic heterocycles. The molecule has 0 atom stereocenters. The summed E-state index contributed by atoms with van der Waals surface area (Å²) in [6.07, 6.45) is 2.26. The van der Waals surface area contributed by atoms with Crippen molar-refractivity contribution in [2.45, 2.75) is 19.9 Å². The third-order valence-electron chi connectivity index (χ3n) is 3.22. The van der Waals surface area contributed by atoms with Crippen LogP contribution in [0.5, 0.6) is 0 Å². The minimum atomic E-state index is -1.06. The minimum absolute atomic E-state index is 0.0359. The highest BCUT2D eigenvalue weighted by Gasteiger charge is 2.21. The predicted molar refractivity (Wildman–Crippen MR) is 79.6 cm³/mol. The normalized spacial score (nSPS) is 11.1. The molecular weight excluding hydrogens is 292 g/mol. The van der Waals surface area contributed by atoms with Crippen molar-refractivity contribution in [3.63, 3.8) is 0 Å². The van der Waals surface area contributed by atoms with E-state index in [1.54, 1.807) is 12.1 Å². The second-order valence-corrected chi connectivity index (χ2v) is 5.09. The van der Waals surface area contributed by atoms with E-state index < -0.39 is 5.97 Å². The van der Waals surface area contributed by atoms with E-state index in [4.69, 9.17) is 11.6 Å². The Balaban J connectivity index is 2.28. The topological polar surface area (TPSA) is 83.8 Å². The lowest BCUT2D eigenvalue weighted by atomic mass is 10.3. The van der Waals surface area contributed by atoms with Gasteiger partial charge in [-0.1, -0.05) is 18.5 Å². The van der Waals surface area contributed by atoms with Crippen LogP contribution >= 0.6 is 11.6 Å². The highest BCUT2D eigenvalue weighted by Crippen LogP contribution is 2.27. The molecule has 0 saturated carbocycles. The third kappa shape index (κ3) is 2.27. The van der Waals surface area contributed by atoms with Gasteiger partial charge in [-0.05, 0) is 24.6 Å². The van der Waals surface area contributed by atoms with Gasteiger partial charge in [0, 0.05) is 11.6 Å². The first-order valence-corrected chi connectivity index (χ1v) is 6.92. The largest absolute Gasteiger partial charge is 0.477 e. The summed E-state index contributed by atoms with van der Waals surface area (Å²) in [4.78, 5) is 22.5. The number of imidazole rings is 2. The number of hydrogen-bond acceptors (Lipinski definition) is 3. The summed E-state index contributed by atoms with van der Waals surface area (Å²) in [7, 11) is 0. The van der Waals surface area contributed by atoms with Crippen LogP contribution in [0.4, 0.5) is 0 Å². The van der Waals surface area contributed by atoms with Gasteiger partial charge in [0.05, 0.1) is 17.4 Å². The van der Waals surface area contributed by atoms with Crippen LogP contribution in [0, 0.1) is 0 Å². The highest BCUT2D eigenvalue weighted by atomic mass is 35.5. The number of benzene rings is 1. The SMILES string of the molecule is CCCn1c(-c2nc[nH]c2C(=O)O)nc2cc(Cl)ccc21. The lowest BCUT2D eigenvalue weighted by molar-refractivity contribution is 0.0692. The molecule has 0 radical (unpaired) electrons. The maximum absolute atomic E-state index is 11.3. The van der Waals surface area contributed by atoms with Crippen LogP contribution in [-0.2, 0) is 6.54 Å². The number of carboxylic acids is 1. The van der Waals surface area contributed by atoms with Crippen LogP contribution in [0.1, 0.15) is 23.8 Å². The van der Waals surface area contributed by atoms with Gasteiger partial charge in [-0.3, -0.25) is 0 Å². The Morgan fingerprint density at radius 1 is 1.48 bits per heavy atom.